The first-order valence-electron chi connectivity index (χ1n) is 12.5. The van der Waals surface area contributed by atoms with E-state index in [1.54, 1.807) is 0 Å². The quantitative estimate of drug-likeness (QED) is 0.432. The largest absolute Gasteiger partial charge is 0.347 e. The van der Waals surface area contributed by atoms with Crippen LogP contribution in [-0.4, -0.2) is 20.2 Å². The zero-order chi connectivity index (χ0) is 24.7. The van der Waals surface area contributed by atoms with Gasteiger partial charge in [-0.3, -0.25) is 9.90 Å². The van der Waals surface area contributed by atoms with Gasteiger partial charge in [0.05, 0.1) is 5.69 Å². The van der Waals surface area contributed by atoms with Gasteiger partial charge in [0.1, 0.15) is 6.10 Å². The molecular weight excluding hydrogens is 416 g/mol. The van der Waals surface area contributed by atoms with Crippen molar-refractivity contribution >= 4 is 11.4 Å². The molecule has 2 unspecified atom stereocenters. The zero-order valence-corrected chi connectivity index (χ0v) is 22.1. The van der Waals surface area contributed by atoms with Gasteiger partial charge in [-0.1, -0.05) is 96.2 Å². The Hall–Kier alpha value is -2.78. The van der Waals surface area contributed by atoms with Gasteiger partial charge in [0.2, 0.25) is 0 Å². The SMILES string of the molecule is CCC(C)C(C=CC1ON(C)c2ccccc2C1(C)C)=C/C=C1/N(C)c2ccccc2C1(C)C. The van der Waals surface area contributed by atoms with Gasteiger partial charge in [0.15, 0.2) is 0 Å². The van der Waals surface area contributed by atoms with Crippen LogP contribution in [0.2, 0.25) is 0 Å². The third-order valence-corrected chi connectivity index (χ3v) is 7.94. The fourth-order valence-corrected chi connectivity index (χ4v) is 5.38. The predicted octanol–water partition coefficient (Wildman–Crippen LogP) is 7.55. The van der Waals surface area contributed by atoms with Gasteiger partial charge in [-0.25, -0.2) is 0 Å². The fourth-order valence-electron chi connectivity index (χ4n) is 5.38. The van der Waals surface area contributed by atoms with Crippen molar-refractivity contribution in [2.45, 2.75) is 64.9 Å². The standard InChI is InChI=1S/C31H40N2O/c1-9-22(2)23(18-20-28-30(3,4)24-14-10-12-16-26(24)32(28)7)19-21-29-31(5,6)25-15-11-13-17-27(25)33(8)34-29/h10-22,29H,9H2,1-8H3/b21-19?,23-18?,28-20+. The molecule has 0 radical (unpaired) electrons. The number of allylic oxidation sites excluding steroid dienone is 5. The van der Waals surface area contributed by atoms with Gasteiger partial charge < -0.3 is 4.90 Å². The van der Waals surface area contributed by atoms with E-state index < -0.39 is 0 Å². The number of likely N-dealkylation sites (N-methyl/N-ethyl adjacent to an activating group) is 1. The van der Waals surface area contributed by atoms with E-state index in [0.29, 0.717) is 5.92 Å². The number of nitrogens with zero attached hydrogens (tertiary/aromatic N) is 2. The monoisotopic (exact) mass is 456 g/mol. The summed E-state index contributed by atoms with van der Waals surface area (Å²) in [6.07, 6.45) is 10.2. The van der Waals surface area contributed by atoms with Crippen molar-refractivity contribution in [3.05, 3.63) is 95.2 Å². The Balaban J connectivity index is 1.67. The number of anilines is 2. The molecular formula is C31H40N2O. The molecule has 2 aliphatic heterocycles. The molecule has 180 valence electrons. The Bertz CT molecular complexity index is 1140. The average Bonchev–Trinajstić information content (AvgIpc) is 3.02. The van der Waals surface area contributed by atoms with E-state index in [4.69, 9.17) is 4.84 Å². The second-order valence-corrected chi connectivity index (χ2v) is 10.9. The third-order valence-electron chi connectivity index (χ3n) is 7.94. The summed E-state index contributed by atoms with van der Waals surface area (Å²) in [5, 5.41) is 1.91. The summed E-state index contributed by atoms with van der Waals surface area (Å²) in [6, 6.07) is 17.3. The minimum atomic E-state index is -0.117. The van der Waals surface area contributed by atoms with E-state index in [9.17, 15) is 0 Å². The Morgan fingerprint density at radius 1 is 0.971 bits per heavy atom. The van der Waals surface area contributed by atoms with Crippen molar-refractivity contribution in [3.8, 4) is 0 Å². The number of benzene rings is 2. The second-order valence-electron chi connectivity index (χ2n) is 10.9. The highest BCUT2D eigenvalue weighted by molar-refractivity contribution is 5.70. The van der Waals surface area contributed by atoms with E-state index in [0.717, 1.165) is 12.1 Å². The third kappa shape index (κ3) is 4.11. The van der Waals surface area contributed by atoms with Crippen LogP contribution in [0.4, 0.5) is 11.4 Å². The molecule has 0 spiro atoms. The summed E-state index contributed by atoms with van der Waals surface area (Å²) in [5.41, 5.74) is 7.67. The number of hydrogen-bond donors (Lipinski definition) is 0. The fraction of sp³-hybridized carbons (Fsp3) is 0.419. The van der Waals surface area contributed by atoms with Crippen LogP contribution in [0, 0.1) is 5.92 Å². The molecule has 0 amide bonds. The lowest BCUT2D eigenvalue weighted by molar-refractivity contribution is 0.0155. The van der Waals surface area contributed by atoms with Gasteiger partial charge in [-0.15, -0.1) is 0 Å². The summed E-state index contributed by atoms with van der Waals surface area (Å²) < 4.78 is 0. The molecule has 2 heterocycles. The van der Waals surface area contributed by atoms with E-state index in [1.807, 2.05) is 12.1 Å². The Morgan fingerprint density at radius 2 is 1.59 bits per heavy atom. The molecule has 0 saturated heterocycles. The first-order valence-corrected chi connectivity index (χ1v) is 12.5. The summed E-state index contributed by atoms with van der Waals surface area (Å²) in [6.45, 7) is 13.7. The highest BCUT2D eigenvalue weighted by Gasteiger charge is 2.39. The first-order chi connectivity index (χ1) is 16.1. The van der Waals surface area contributed by atoms with Crippen LogP contribution in [0.15, 0.2) is 84.1 Å². The molecule has 2 aromatic carbocycles. The Labute approximate surface area is 206 Å². The van der Waals surface area contributed by atoms with Gasteiger partial charge in [-0.2, -0.15) is 0 Å². The molecule has 0 bridgehead atoms. The molecule has 0 aliphatic carbocycles. The van der Waals surface area contributed by atoms with Crippen LogP contribution < -0.4 is 9.96 Å². The number of hydroxylamine groups is 1. The smallest absolute Gasteiger partial charge is 0.113 e. The predicted molar refractivity (Wildman–Crippen MR) is 145 cm³/mol. The molecule has 3 heteroatoms. The number of hydrogen-bond acceptors (Lipinski definition) is 3. The van der Waals surface area contributed by atoms with Crippen molar-refractivity contribution in [1.82, 2.24) is 0 Å². The molecule has 34 heavy (non-hydrogen) atoms. The Morgan fingerprint density at radius 3 is 2.24 bits per heavy atom. The second kappa shape index (κ2) is 9.11. The maximum absolute atomic E-state index is 6.36. The molecule has 0 fully saturated rings. The average molecular weight is 457 g/mol. The van der Waals surface area contributed by atoms with E-state index >= 15 is 0 Å². The minimum Gasteiger partial charge on any atom is -0.347 e. The molecule has 0 N–H and O–H groups in total. The summed E-state index contributed by atoms with van der Waals surface area (Å²) in [5.74, 6) is 0.460. The Kier molecular flexibility index (Phi) is 6.52. The molecule has 0 saturated carbocycles. The van der Waals surface area contributed by atoms with Crippen molar-refractivity contribution in [2.75, 3.05) is 24.1 Å². The maximum atomic E-state index is 6.36. The number of para-hydroxylation sites is 2. The molecule has 4 rings (SSSR count). The van der Waals surface area contributed by atoms with Crippen molar-refractivity contribution < 1.29 is 4.84 Å². The lowest BCUT2D eigenvalue weighted by atomic mass is 9.77. The van der Waals surface area contributed by atoms with E-state index in [-0.39, 0.29) is 16.9 Å². The molecule has 0 aromatic heterocycles. The first kappa shape index (κ1) is 24.3. The van der Waals surface area contributed by atoms with Crippen LogP contribution in [0.3, 0.4) is 0 Å². The lowest BCUT2D eigenvalue weighted by Crippen LogP contribution is -2.44. The van der Waals surface area contributed by atoms with Crippen molar-refractivity contribution in [1.29, 1.82) is 0 Å². The molecule has 3 nitrogen and oxygen atoms in total. The number of fused-ring (bicyclic) bond motifs is 2. The van der Waals surface area contributed by atoms with E-state index in [2.05, 4.69) is 126 Å². The van der Waals surface area contributed by atoms with Crippen LogP contribution >= 0.6 is 0 Å². The topological polar surface area (TPSA) is 15.7 Å². The number of rotatable bonds is 5. The molecule has 2 atom stereocenters. The van der Waals surface area contributed by atoms with Crippen molar-refractivity contribution in [3.63, 3.8) is 0 Å². The van der Waals surface area contributed by atoms with Crippen LogP contribution in [-0.2, 0) is 15.7 Å². The normalized spacial score (nSPS) is 23.4. The maximum Gasteiger partial charge on any atom is 0.113 e. The summed E-state index contributed by atoms with van der Waals surface area (Å²) in [7, 11) is 4.18. The van der Waals surface area contributed by atoms with Crippen molar-refractivity contribution in [2.24, 2.45) is 5.92 Å². The van der Waals surface area contributed by atoms with Crippen LogP contribution in [0.5, 0.6) is 0 Å². The molecule has 2 aromatic rings. The summed E-state index contributed by atoms with van der Waals surface area (Å²) in [4.78, 5) is 8.69. The lowest BCUT2D eigenvalue weighted by Gasteiger charge is -2.42. The zero-order valence-electron chi connectivity index (χ0n) is 22.1. The van der Waals surface area contributed by atoms with Crippen LogP contribution in [0.1, 0.15) is 59.1 Å². The highest BCUT2D eigenvalue weighted by atomic mass is 16.7. The summed E-state index contributed by atoms with van der Waals surface area (Å²) >= 11 is 0. The highest BCUT2D eigenvalue weighted by Crippen LogP contribution is 2.47. The van der Waals surface area contributed by atoms with Gasteiger partial charge in [0, 0.05) is 36.3 Å². The van der Waals surface area contributed by atoms with Gasteiger partial charge in [0.25, 0.3) is 0 Å². The van der Waals surface area contributed by atoms with Crippen LogP contribution in [0.25, 0.3) is 0 Å². The van der Waals surface area contributed by atoms with Gasteiger partial charge >= 0.3 is 0 Å². The van der Waals surface area contributed by atoms with Gasteiger partial charge in [-0.05, 0) is 47.2 Å². The minimum absolute atomic E-state index is 0.0208. The molecule has 2 aliphatic rings. The van der Waals surface area contributed by atoms with E-state index in [1.165, 1.54) is 28.1 Å².